The largest absolute Gasteiger partial charge is 0.375 e. The number of hydrogen-bond acceptors (Lipinski definition) is 5. The van der Waals surface area contributed by atoms with Crippen molar-refractivity contribution in [1.82, 2.24) is 24.8 Å². The summed E-state index contributed by atoms with van der Waals surface area (Å²) in [6.45, 7) is 3.67. The van der Waals surface area contributed by atoms with Crippen LogP contribution in [0, 0.1) is 0 Å². The number of imidazole rings is 1. The monoisotopic (exact) mass is 357 g/mol. The Morgan fingerprint density at radius 2 is 2.15 bits per heavy atom. The maximum atomic E-state index is 12.2. The first-order valence-corrected chi connectivity index (χ1v) is 8.59. The number of rotatable bonds is 6. The van der Waals surface area contributed by atoms with Gasteiger partial charge in [0.25, 0.3) is 0 Å². The molecule has 1 aliphatic rings. The highest BCUT2D eigenvalue weighted by Gasteiger charge is 2.29. The maximum absolute atomic E-state index is 12.2. The number of fused-ring (bicyclic) bond motifs is 1. The van der Waals surface area contributed by atoms with E-state index in [1.807, 2.05) is 35.9 Å². The molecule has 8 nitrogen and oxygen atoms in total. The van der Waals surface area contributed by atoms with Gasteiger partial charge in [0.2, 0.25) is 11.8 Å². The molecule has 26 heavy (non-hydrogen) atoms. The van der Waals surface area contributed by atoms with Crippen molar-refractivity contribution >= 4 is 11.8 Å². The molecule has 3 rings (SSSR count). The normalized spacial score (nSPS) is 16.2. The molecular formula is C18H23N5O3. The number of ether oxygens (including phenoxy) is 1. The first kappa shape index (κ1) is 18.1. The molecule has 2 aromatic rings. The average Bonchev–Trinajstić information content (AvgIpc) is 3.05. The third-order valence-corrected chi connectivity index (χ3v) is 4.40. The lowest BCUT2D eigenvalue weighted by Crippen LogP contribution is -2.42. The zero-order valence-electron chi connectivity index (χ0n) is 15.0. The number of nitrogens with one attached hydrogen (secondary N) is 1. The minimum absolute atomic E-state index is 0.0519. The van der Waals surface area contributed by atoms with Gasteiger partial charge < -0.3 is 19.5 Å². The minimum atomic E-state index is -0.142. The first-order valence-electron chi connectivity index (χ1n) is 8.59. The van der Waals surface area contributed by atoms with E-state index >= 15 is 0 Å². The van der Waals surface area contributed by atoms with Crippen LogP contribution in [0.5, 0.6) is 0 Å². The summed E-state index contributed by atoms with van der Waals surface area (Å²) in [5, 5.41) is 2.85. The van der Waals surface area contributed by atoms with Crippen molar-refractivity contribution in [1.29, 1.82) is 0 Å². The number of amides is 2. The lowest BCUT2D eigenvalue weighted by atomic mass is 10.2. The average molecular weight is 357 g/mol. The molecule has 0 aliphatic carbocycles. The van der Waals surface area contributed by atoms with Crippen molar-refractivity contribution in [3.63, 3.8) is 0 Å². The summed E-state index contributed by atoms with van der Waals surface area (Å²) in [6, 6.07) is 5.44. The van der Waals surface area contributed by atoms with Crippen molar-refractivity contribution in [3.8, 4) is 0 Å². The Balaban J connectivity index is 1.60. The molecule has 1 aliphatic heterocycles. The van der Waals surface area contributed by atoms with Gasteiger partial charge in [0.1, 0.15) is 12.4 Å². The van der Waals surface area contributed by atoms with Crippen molar-refractivity contribution in [3.05, 3.63) is 47.8 Å². The first-order chi connectivity index (χ1) is 12.6. The summed E-state index contributed by atoms with van der Waals surface area (Å²) in [5.41, 5.74) is 1.51. The van der Waals surface area contributed by atoms with Gasteiger partial charge in [0.05, 0.1) is 30.4 Å². The van der Waals surface area contributed by atoms with E-state index in [4.69, 9.17) is 4.74 Å². The Hall–Kier alpha value is -2.74. The second-order valence-corrected chi connectivity index (χ2v) is 6.25. The summed E-state index contributed by atoms with van der Waals surface area (Å²) in [6.07, 6.45) is 3.79. The predicted octanol–water partition coefficient (Wildman–Crippen LogP) is 0.687. The molecule has 1 N–H and O–H groups in total. The standard InChI is InChI=1S/C18H23N5O3/c1-13-18-21-15(9-16(24)20-10-14-5-3-4-6-19-14)11-22(18)7-8-23(13)17(25)12-26-2/h3-6,11,13H,7-10,12H2,1-2H3,(H,20,24). The molecule has 0 saturated carbocycles. The number of pyridine rings is 1. The van der Waals surface area contributed by atoms with Crippen LogP contribution in [0.15, 0.2) is 30.6 Å². The fourth-order valence-electron chi connectivity index (χ4n) is 3.10. The van der Waals surface area contributed by atoms with E-state index in [9.17, 15) is 9.59 Å². The quantitative estimate of drug-likeness (QED) is 0.821. The minimum Gasteiger partial charge on any atom is -0.375 e. The molecule has 2 amide bonds. The van der Waals surface area contributed by atoms with Crippen molar-refractivity contribution < 1.29 is 14.3 Å². The summed E-state index contributed by atoms with van der Waals surface area (Å²) in [5.74, 6) is 0.642. The van der Waals surface area contributed by atoms with Crippen LogP contribution in [0.4, 0.5) is 0 Å². The smallest absolute Gasteiger partial charge is 0.249 e. The zero-order chi connectivity index (χ0) is 18.5. The van der Waals surface area contributed by atoms with Gasteiger partial charge in [-0.15, -0.1) is 0 Å². The van der Waals surface area contributed by atoms with Crippen LogP contribution in [-0.2, 0) is 33.8 Å². The van der Waals surface area contributed by atoms with Gasteiger partial charge in [-0.3, -0.25) is 14.6 Å². The Morgan fingerprint density at radius 3 is 2.88 bits per heavy atom. The fraction of sp³-hybridized carbons (Fsp3) is 0.444. The SMILES string of the molecule is COCC(=O)N1CCn2cc(CC(=O)NCc3ccccn3)nc2C1C. The highest BCUT2D eigenvalue weighted by molar-refractivity contribution is 5.78. The van der Waals surface area contributed by atoms with Gasteiger partial charge in [-0.1, -0.05) is 6.07 Å². The van der Waals surface area contributed by atoms with E-state index in [0.29, 0.717) is 25.3 Å². The summed E-state index contributed by atoms with van der Waals surface area (Å²) >= 11 is 0. The molecule has 0 saturated heterocycles. The molecule has 1 unspecified atom stereocenters. The third-order valence-electron chi connectivity index (χ3n) is 4.40. The topological polar surface area (TPSA) is 89.4 Å². The van der Waals surface area contributed by atoms with Crippen molar-refractivity contribution in [2.45, 2.75) is 32.5 Å². The van der Waals surface area contributed by atoms with E-state index < -0.39 is 0 Å². The number of methoxy groups -OCH3 is 1. The molecule has 2 aromatic heterocycles. The van der Waals surface area contributed by atoms with Gasteiger partial charge in [0.15, 0.2) is 0 Å². The molecular weight excluding hydrogens is 334 g/mol. The van der Waals surface area contributed by atoms with E-state index in [1.165, 1.54) is 7.11 Å². The predicted molar refractivity (Wildman–Crippen MR) is 94.0 cm³/mol. The number of carbonyl (C=O) groups excluding carboxylic acids is 2. The van der Waals surface area contributed by atoms with Gasteiger partial charge in [0, 0.05) is 32.6 Å². The van der Waals surface area contributed by atoms with Crippen molar-refractivity contribution in [2.24, 2.45) is 0 Å². The van der Waals surface area contributed by atoms with Gasteiger partial charge in [-0.25, -0.2) is 4.98 Å². The highest BCUT2D eigenvalue weighted by Crippen LogP contribution is 2.24. The molecule has 1 atom stereocenters. The van der Waals surface area contributed by atoms with E-state index in [2.05, 4.69) is 15.3 Å². The number of carbonyl (C=O) groups is 2. The summed E-state index contributed by atoms with van der Waals surface area (Å²) in [7, 11) is 1.51. The summed E-state index contributed by atoms with van der Waals surface area (Å²) < 4.78 is 6.95. The highest BCUT2D eigenvalue weighted by atomic mass is 16.5. The fourth-order valence-corrected chi connectivity index (χ4v) is 3.10. The van der Waals surface area contributed by atoms with Crippen LogP contribution in [0.3, 0.4) is 0 Å². The van der Waals surface area contributed by atoms with E-state index in [0.717, 1.165) is 11.5 Å². The Morgan fingerprint density at radius 1 is 1.31 bits per heavy atom. The third kappa shape index (κ3) is 4.08. The molecule has 0 bridgehead atoms. The van der Waals surface area contributed by atoms with E-state index in [-0.39, 0.29) is 30.9 Å². The lowest BCUT2D eigenvalue weighted by molar-refractivity contribution is -0.138. The maximum Gasteiger partial charge on any atom is 0.249 e. The van der Waals surface area contributed by atoms with Crippen molar-refractivity contribution in [2.75, 3.05) is 20.3 Å². The second kappa shape index (κ2) is 8.09. The Bertz CT molecular complexity index is 774. The molecule has 138 valence electrons. The van der Waals surface area contributed by atoms with Crippen LogP contribution in [0.1, 0.15) is 30.2 Å². The van der Waals surface area contributed by atoms with Crippen LogP contribution in [0.2, 0.25) is 0 Å². The van der Waals surface area contributed by atoms with Gasteiger partial charge in [-0.2, -0.15) is 0 Å². The second-order valence-electron chi connectivity index (χ2n) is 6.25. The number of nitrogens with zero attached hydrogens (tertiary/aromatic N) is 4. The number of aromatic nitrogens is 3. The molecule has 3 heterocycles. The van der Waals surface area contributed by atoms with E-state index in [1.54, 1.807) is 11.1 Å². The van der Waals surface area contributed by atoms with Gasteiger partial charge in [-0.05, 0) is 19.1 Å². The molecule has 0 radical (unpaired) electrons. The molecule has 8 heteroatoms. The molecule has 0 aromatic carbocycles. The van der Waals surface area contributed by atoms with Crippen LogP contribution in [0.25, 0.3) is 0 Å². The lowest BCUT2D eigenvalue weighted by Gasteiger charge is -2.33. The van der Waals surface area contributed by atoms with Crippen LogP contribution < -0.4 is 5.32 Å². The van der Waals surface area contributed by atoms with Crippen LogP contribution >= 0.6 is 0 Å². The van der Waals surface area contributed by atoms with Gasteiger partial charge >= 0.3 is 0 Å². The van der Waals surface area contributed by atoms with Crippen LogP contribution in [-0.4, -0.2) is 51.5 Å². The Kier molecular flexibility index (Phi) is 5.62. The molecule has 0 spiro atoms. The Labute approximate surface area is 152 Å². The zero-order valence-corrected chi connectivity index (χ0v) is 15.0. The summed E-state index contributed by atoms with van der Waals surface area (Å²) in [4.78, 5) is 34.8. The number of hydrogen-bond donors (Lipinski definition) is 1. The molecule has 0 fully saturated rings.